The van der Waals surface area contributed by atoms with E-state index < -0.39 is 0 Å². The summed E-state index contributed by atoms with van der Waals surface area (Å²) in [7, 11) is 0. The molecule has 0 bridgehead atoms. The predicted octanol–water partition coefficient (Wildman–Crippen LogP) is 4.40. The number of hydrogen-bond acceptors (Lipinski definition) is 3. The van der Waals surface area contributed by atoms with Crippen LogP contribution in [0.15, 0.2) is 91.5 Å². The van der Waals surface area contributed by atoms with Gasteiger partial charge in [-0.2, -0.15) is 0 Å². The van der Waals surface area contributed by atoms with Gasteiger partial charge in [-0.1, -0.05) is 72.3 Å². The number of rotatable bonds is 7. The van der Waals surface area contributed by atoms with E-state index in [4.69, 9.17) is 0 Å². The standard InChI is InChI=1S/C26H23N3O2/c1-19-10-12-20(13-11-19)25(30)23-8-4-5-9-24(23)26(31)28-16-21-6-2-3-7-22(21)17-29-15-14-27-18-29/h2-15,18H,16-17H2,1H3,(H,28,31). The SMILES string of the molecule is Cc1ccc(C(=O)c2ccccc2C(=O)NCc2ccccc2Cn2ccnc2)cc1. The van der Waals surface area contributed by atoms with Gasteiger partial charge in [-0.15, -0.1) is 0 Å². The van der Waals surface area contributed by atoms with Crippen molar-refractivity contribution in [2.24, 2.45) is 0 Å². The number of amides is 1. The number of ketones is 1. The molecule has 0 saturated heterocycles. The molecule has 0 saturated carbocycles. The van der Waals surface area contributed by atoms with Crippen LogP contribution < -0.4 is 5.32 Å². The van der Waals surface area contributed by atoms with Gasteiger partial charge in [0.1, 0.15) is 0 Å². The summed E-state index contributed by atoms with van der Waals surface area (Å²) in [6.45, 7) is 3.02. The van der Waals surface area contributed by atoms with Crippen molar-refractivity contribution in [3.63, 3.8) is 0 Å². The minimum atomic E-state index is -0.270. The minimum Gasteiger partial charge on any atom is -0.348 e. The lowest BCUT2D eigenvalue weighted by Crippen LogP contribution is -2.25. The van der Waals surface area contributed by atoms with Crippen LogP contribution in [-0.2, 0) is 13.1 Å². The summed E-state index contributed by atoms with van der Waals surface area (Å²) >= 11 is 0. The van der Waals surface area contributed by atoms with E-state index in [-0.39, 0.29) is 11.7 Å². The number of nitrogens with zero attached hydrogens (tertiary/aromatic N) is 2. The van der Waals surface area contributed by atoms with Gasteiger partial charge in [0.15, 0.2) is 5.78 Å². The second-order valence-corrected chi connectivity index (χ2v) is 7.43. The van der Waals surface area contributed by atoms with Crippen molar-refractivity contribution in [3.8, 4) is 0 Å². The number of hydrogen-bond donors (Lipinski definition) is 1. The van der Waals surface area contributed by atoms with E-state index in [1.165, 1.54) is 0 Å². The second kappa shape index (κ2) is 9.22. The summed E-state index contributed by atoms with van der Waals surface area (Å²) in [5.74, 6) is -0.431. The molecule has 0 fully saturated rings. The van der Waals surface area contributed by atoms with Gasteiger partial charge < -0.3 is 9.88 Å². The van der Waals surface area contributed by atoms with Crippen molar-refractivity contribution < 1.29 is 9.59 Å². The predicted molar refractivity (Wildman–Crippen MR) is 120 cm³/mol. The highest BCUT2D eigenvalue weighted by Crippen LogP contribution is 2.16. The molecule has 0 aliphatic rings. The van der Waals surface area contributed by atoms with E-state index in [1.54, 1.807) is 48.9 Å². The van der Waals surface area contributed by atoms with E-state index >= 15 is 0 Å². The molecule has 0 atom stereocenters. The van der Waals surface area contributed by atoms with E-state index in [2.05, 4.69) is 10.3 Å². The van der Waals surface area contributed by atoms with E-state index in [0.29, 0.717) is 29.8 Å². The summed E-state index contributed by atoms with van der Waals surface area (Å²) in [6.07, 6.45) is 5.41. The maximum atomic E-state index is 13.0. The number of carbonyl (C=O) groups is 2. The van der Waals surface area contributed by atoms with Crippen LogP contribution in [-0.4, -0.2) is 21.2 Å². The molecule has 1 aromatic heterocycles. The number of imidazole rings is 1. The Balaban J connectivity index is 1.52. The highest BCUT2D eigenvalue weighted by atomic mass is 16.2. The third kappa shape index (κ3) is 4.78. The molecule has 3 aromatic carbocycles. The zero-order valence-electron chi connectivity index (χ0n) is 17.3. The molecule has 0 aliphatic carbocycles. The summed E-state index contributed by atoms with van der Waals surface area (Å²) in [4.78, 5) is 30.1. The first-order chi connectivity index (χ1) is 15.1. The number of benzene rings is 3. The topological polar surface area (TPSA) is 64.0 Å². The fourth-order valence-electron chi connectivity index (χ4n) is 3.47. The van der Waals surface area contributed by atoms with Crippen LogP contribution in [0.4, 0.5) is 0 Å². The molecule has 154 valence electrons. The molecule has 0 radical (unpaired) electrons. The molecule has 31 heavy (non-hydrogen) atoms. The molecule has 1 amide bonds. The lowest BCUT2D eigenvalue weighted by atomic mass is 9.97. The highest BCUT2D eigenvalue weighted by Gasteiger charge is 2.18. The van der Waals surface area contributed by atoms with Gasteiger partial charge in [-0.05, 0) is 24.1 Å². The molecule has 0 unspecified atom stereocenters. The number of aryl methyl sites for hydroxylation is 1. The second-order valence-electron chi connectivity index (χ2n) is 7.43. The van der Waals surface area contributed by atoms with Crippen molar-refractivity contribution in [3.05, 3.63) is 125 Å². The van der Waals surface area contributed by atoms with Crippen LogP contribution in [0.25, 0.3) is 0 Å². The molecular formula is C26H23N3O2. The van der Waals surface area contributed by atoms with Crippen molar-refractivity contribution in [2.75, 3.05) is 0 Å². The number of carbonyl (C=O) groups excluding carboxylic acids is 2. The smallest absolute Gasteiger partial charge is 0.252 e. The number of nitrogens with one attached hydrogen (secondary N) is 1. The molecule has 1 N–H and O–H groups in total. The first-order valence-electron chi connectivity index (χ1n) is 10.1. The van der Waals surface area contributed by atoms with Crippen LogP contribution in [0, 0.1) is 6.92 Å². The Bertz CT molecular complexity index is 1200. The van der Waals surface area contributed by atoms with Gasteiger partial charge in [0.25, 0.3) is 5.91 Å². The third-order valence-corrected chi connectivity index (χ3v) is 5.20. The molecule has 0 spiro atoms. The first kappa shape index (κ1) is 20.3. The largest absolute Gasteiger partial charge is 0.348 e. The lowest BCUT2D eigenvalue weighted by molar-refractivity contribution is 0.0939. The fraction of sp³-hybridized carbons (Fsp3) is 0.115. The Morgan fingerprint density at radius 2 is 1.55 bits per heavy atom. The first-order valence-corrected chi connectivity index (χ1v) is 10.1. The van der Waals surface area contributed by atoms with Crippen LogP contribution >= 0.6 is 0 Å². The molecule has 5 nitrogen and oxygen atoms in total. The molecule has 4 rings (SSSR count). The third-order valence-electron chi connectivity index (χ3n) is 5.20. The maximum absolute atomic E-state index is 13.0. The Kier molecular flexibility index (Phi) is 6.03. The van der Waals surface area contributed by atoms with Gasteiger partial charge in [-0.3, -0.25) is 9.59 Å². The van der Waals surface area contributed by atoms with Crippen LogP contribution in [0.3, 0.4) is 0 Å². The normalized spacial score (nSPS) is 10.6. The van der Waals surface area contributed by atoms with Crippen molar-refractivity contribution in [1.29, 1.82) is 0 Å². The van der Waals surface area contributed by atoms with Gasteiger partial charge in [0, 0.05) is 36.6 Å². The summed E-state index contributed by atoms with van der Waals surface area (Å²) < 4.78 is 1.98. The van der Waals surface area contributed by atoms with Crippen LogP contribution in [0.5, 0.6) is 0 Å². The fourth-order valence-corrected chi connectivity index (χ4v) is 3.47. The summed E-state index contributed by atoms with van der Waals surface area (Å²) in [5.41, 5.74) is 4.54. The Labute approximate surface area is 181 Å². The molecule has 5 heteroatoms. The quantitative estimate of drug-likeness (QED) is 0.460. The van der Waals surface area contributed by atoms with Crippen LogP contribution in [0.2, 0.25) is 0 Å². The molecule has 0 aliphatic heterocycles. The van der Waals surface area contributed by atoms with Crippen molar-refractivity contribution >= 4 is 11.7 Å². The Morgan fingerprint density at radius 3 is 2.26 bits per heavy atom. The zero-order valence-corrected chi connectivity index (χ0v) is 17.3. The molecule has 4 aromatic rings. The van der Waals surface area contributed by atoms with E-state index in [9.17, 15) is 9.59 Å². The van der Waals surface area contributed by atoms with Gasteiger partial charge >= 0.3 is 0 Å². The zero-order chi connectivity index (χ0) is 21.6. The molecule has 1 heterocycles. The Hall–Kier alpha value is -3.99. The van der Waals surface area contributed by atoms with Crippen LogP contribution in [0.1, 0.15) is 43.0 Å². The highest BCUT2D eigenvalue weighted by molar-refractivity contribution is 6.15. The minimum absolute atomic E-state index is 0.161. The summed E-state index contributed by atoms with van der Waals surface area (Å²) in [6, 6.07) is 22.3. The average molecular weight is 409 g/mol. The monoisotopic (exact) mass is 409 g/mol. The van der Waals surface area contributed by atoms with Gasteiger partial charge in [0.05, 0.1) is 11.9 Å². The van der Waals surface area contributed by atoms with E-state index in [1.807, 2.05) is 54.1 Å². The Morgan fingerprint density at radius 1 is 0.871 bits per heavy atom. The lowest BCUT2D eigenvalue weighted by Gasteiger charge is -2.13. The average Bonchev–Trinajstić information content (AvgIpc) is 3.31. The van der Waals surface area contributed by atoms with Crippen molar-refractivity contribution in [1.82, 2.24) is 14.9 Å². The molecular weight excluding hydrogens is 386 g/mol. The van der Waals surface area contributed by atoms with E-state index in [0.717, 1.165) is 16.7 Å². The van der Waals surface area contributed by atoms with Gasteiger partial charge in [-0.25, -0.2) is 4.98 Å². The van der Waals surface area contributed by atoms with Crippen molar-refractivity contribution in [2.45, 2.75) is 20.0 Å². The summed E-state index contributed by atoms with van der Waals surface area (Å²) in [5, 5.41) is 2.98. The maximum Gasteiger partial charge on any atom is 0.252 e. The number of aromatic nitrogens is 2. The van der Waals surface area contributed by atoms with Gasteiger partial charge in [0.2, 0.25) is 0 Å².